The molecule has 0 fully saturated rings. The summed E-state index contributed by atoms with van der Waals surface area (Å²) in [6.45, 7) is 5.70. The fraction of sp³-hybridized carbons (Fsp3) is 0.667. The van der Waals surface area contributed by atoms with Crippen LogP contribution in [0.3, 0.4) is 0 Å². The van der Waals surface area contributed by atoms with Crippen molar-refractivity contribution < 1.29 is 5.11 Å². The summed E-state index contributed by atoms with van der Waals surface area (Å²) in [7, 11) is 1.92. The topological polar surface area (TPSA) is 38.1 Å². The molecule has 1 heterocycles. The van der Waals surface area contributed by atoms with Gasteiger partial charge in [-0.25, -0.2) is 4.98 Å². The van der Waals surface area contributed by atoms with Crippen LogP contribution in [0.25, 0.3) is 0 Å². The van der Waals surface area contributed by atoms with Gasteiger partial charge in [-0.3, -0.25) is 0 Å². The van der Waals surface area contributed by atoms with Crippen LogP contribution in [0.15, 0.2) is 6.20 Å². The number of imidazole rings is 1. The summed E-state index contributed by atoms with van der Waals surface area (Å²) < 4.78 is 1.92. The first kappa shape index (κ1) is 9.26. The first-order valence-corrected chi connectivity index (χ1v) is 4.20. The molecule has 0 aliphatic heterocycles. The van der Waals surface area contributed by atoms with Crippen molar-refractivity contribution in [1.29, 1.82) is 0 Å². The van der Waals surface area contributed by atoms with Crippen LogP contribution in [-0.2, 0) is 12.6 Å². The van der Waals surface area contributed by atoms with Crippen molar-refractivity contribution in [1.82, 2.24) is 9.55 Å². The van der Waals surface area contributed by atoms with Crippen molar-refractivity contribution in [2.75, 3.05) is 0 Å². The molecular weight excluding hydrogens is 152 g/mol. The van der Waals surface area contributed by atoms with Gasteiger partial charge in [-0.15, -0.1) is 0 Å². The van der Waals surface area contributed by atoms with Crippen LogP contribution >= 0.6 is 0 Å². The molecule has 0 aromatic carbocycles. The van der Waals surface area contributed by atoms with E-state index in [1.165, 1.54) is 0 Å². The third-order valence-electron chi connectivity index (χ3n) is 2.46. The Hall–Kier alpha value is -0.830. The highest BCUT2D eigenvalue weighted by Gasteiger charge is 2.24. The molecule has 0 radical (unpaired) electrons. The van der Waals surface area contributed by atoms with E-state index in [9.17, 15) is 5.11 Å². The van der Waals surface area contributed by atoms with E-state index < -0.39 is 5.60 Å². The largest absolute Gasteiger partial charge is 0.384 e. The zero-order valence-corrected chi connectivity index (χ0v) is 8.13. The second-order valence-corrected chi connectivity index (χ2v) is 3.38. The Bertz CT molecular complexity index is 276. The Balaban J connectivity index is 3.11. The van der Waals surface area contributed by atoms with Crippen molar-refractivity contribution in [3.05, 3.63) is 17.7 Å². The molecular formula is C9H16N2O. The predicted octanol–water partition coefficient (Wildman–Crippen LogP) is 1.35. The summed E-state index contributed by atoms with van der Waals surface area (Å²) in [6, 6.07) is 0. The minimum absolute atomic E-state index is 0.700. The van der Waals surface area contributed by atoms with Gasteiger partial charge in [-0.05, 0) is 20.3 Å². The zero-order chi connectivity index (χ0) is 9.35. The third-order valence-corrected chi connectivity index (χ3v) is 2.46. The highest BCUT2D eigenvalue weighted by atomic mass is 16.3. The minimum atomic E-state index is -0.754. The summed E-state index contributed by atoms with van der Waals surface area (Å²) in [6.07, 6.45) is 2.44. The zero-order valence-electron chi connectivity index (χ0n) is 8.13. The standard InChI is InChI=1S/C9H16N2O/c1-5-9(3,12)8-6-10-7(2)11(8)4/h6,12H,5H2,1-4H3. The summed E-state index contributed by atoms with van der Waals surface area (Å²) >= 11 is 0. The molecule has 0 aliphatic rings. The Labute approximate surface area is 73.1 Å². The first-order valence-electron chi connectivity index (χ1n) is 4.20. The van der Waals surface area contributed by atoms with Crippen molar-refractivity contribution in [3.8, 4) is 0 Å². The fourth-order valence-electron chi connectivity index (χ4n) is 1.18. The average Bonchev–Trinajstić information content (AvgIpc) is 2.33. The van der Waals surface area contributed by atoms with E-state index in [4.69, 9.17) is 0 Å². The van der Waals surface area contributed by atoms with Gasteiger partial charge in [0.05, 0.1) is 11.9 Å². The Morgan fingerprint density at radius 2 is 2.25 bits per heavy atom. The lowest BCUT2D eigenvalue weighted by Crippen LogP contribution is -2.23. The van der Waals surface area contributed by atoms with Crippen LogP contribution < -0.4 is 0 Å². The number of aromatic nitrogens is 2. The van der Waals surface area contributed by atoms with E-state index in [1.807, 2.05) is 32.4 Å². The SMILES string of the molecule is CCC(C)(O)c1cnc(C)n1C. The summed E-state index contributed by atoms with van der Waals surface area (Å²) in [5.41, 5.74) is 0.123. The Kier molecular flexibility index (Phi) is 2.24. The van der Waals surface area contributed by atoms with Crippen LogP contribution in [0.5, 0.6) is 0 Å². The maximum Gasteiger partial charge on any atom is 0.105 e. The monoisotopic (exact) mass is 168 g/mol. The average molecular weight is 168 g/mol. The number of hydrogen-bond acceptors (Lipinski definition) is 2. The highest BCUT2D eigenvalue weighted by molar-refractivity contribution is 5.11. The lowest BCUT2D eigenvalue weighted by atomic mass is 10.00. The van der Waals surface area contributed by atoms with E-state index in [0.717, 1.165) is 11.5 Å². The van der Waals surface area contributed by atoms with Gasteiger partial charge in [-0.1, -0.05) is 6.92 Å². The van der Waals surface area contributed by atoms with Gasteiger partial charge in [0, 0.05) is 7.05 Å². The molecule has 0 amide bonds. The molecule has 0 saturated carbocycles. The molecule has 1 rings (SSSR count). The van der Waals surface area contributed by atoms with Crippen molar-refractivity contribution >= 4 is 0 Å². The van der Waals surface area contributed by atoms with Crippen molar-refractivity contribution in [3.63, 3.8) is 0 Å². The summed E-state index contributed by atoms with van der Waals surface area (Å²) in [5, 5.41) is 9.93. The molecule has 1 atom stereocenters. The molecule has 3 heteroatoms. The molecule has 12 heavy (non-hydrogen) atoms. The molecule has 1 aromatic rings. The Morgan fingerprint density at radius 1 is 1.67 bits per heavy atom. The normalized spacial score (nSPS) is 16.1. The van der Waals surface area contributed by atoms with E-state index in [-0.39, 0.29) is 0 Å². The molecule has 3 nitrogen and oxygen atoms in total. The van der Waals surface area contributed by atoms with E-state index in [2.05, 4.69) is 4.98 Å². The maximum atomic E-state index is 9.93. The molecule has 1 aromatic heterocycles. The quantitative estimate of drug-likeness (QED) is 0.723. The van der Waals surface area contributed by atoms with E-state index >= 15 is 0 Å². The molecule has 1 unspecified atom stereocenters. The smallest absolute Gasteiger partial charge is 0.105 e. The van der Waals surface area contributed by atoms with Gasteiger partial charge >= 0.3 is 0 Å². The van der Waals surface area contributed by atoms with Gasteiger partial charge in [0.1, 0.15) is 11.4 Å². The fourth-order valence-corrected chi connectivity index (χ4v) is 1.18. The van der Waals surface area contributed by atoms with Gasteiger partial charge in [0.2, 0.25) is 0 Å². The first-order chi connectivity index (χ1) is 5.49. The highest BCUT2D eigenvalue weighted by Crippen LogP contribution is 2.23. The van der Waals surface area contributed by atoms with Gasteiger partial charge in [0.15, 0.2) is 0 Å². The second-order valence-electron chi connectivity index (χ2n) is 3.38. The number of aryl methyl sites for hydroxylation is 1. The number of hydrogen-bond donors (Lipinski definition) is 1. The van der Waals surface area contributed by atoms with E-state index in [0.29, 0.717) is 6.42 Å². The molecule has 0 saturated heterocycles. The van der Waals surface area contributed by atoms with Crippen LogP contribution in [0.4, 0.5) is 0 Å². The lowest BCUT2D eigenvalue weighted by molar-refractivity contribution is 0.0454. The molecule has 68 valence electrons. The van der Waals surface area contributed by atoms with Gasteiger partial charge in [0.25, 0.3) is 0 Å². The van der Waals surface area contributed by atoms with E-state index in [1.54, 1.807) is 6.20 Å². The van der Waals surface area contributed by atoms with Crippen LogP contribution in [0, 0.1) is 6.92 Å². The molecule has 0 bridgehead atoms. The number of rotatable bonds is 2. The van der Waals surface area contributed by atoms with Crippen LogP contribution in [0.2, 0.25) is 0 Å². The maximum absolute atomic E-state index is 9.93. The molecule has 0 spiro atoms. The van der Waals surface area contributed by atoms with Crippen LogP contribution in [0.1, 0.15) is 31.8 Å². The van der Waals surface area contributed by atoms with Gasteiger partial charge in [-0.2, -0.15) is 0 Å². The van der Waals surface area contributed by atoms with Crippen molar-refractivity contribution in [2.45, 2.75) is 32.8 Å². The summed E-state index contributed by atoms with van der Waals surface area (Å²) in [5.74, 6) is 0.929. The lowest BCUT2D eigenvalue weighted by Gasteiger charge is -2.21. The van der Waals surface area contributed by atoms with Crippen LogP contribution in [-0.4, -0.2) is 14.7 Å². The predicted molar refractivity (Wildman–Crippen MR) is 47.8 cm³/mol. The Morgan fingerprint density at radius 3 is 2.58 bits per heavy atom. The molecule has 1 N–H and O–H groups in total. The summed E-state index contributed by atoms with van der Waals surface area (Å²) in [4.78, 5) is 4.13. The number of aliphatic hydroxyl groups is 1. The minimum Gasteiger partial charge on any atom is -0.384 e. The molecule has 0 aliphatic carbocycles. The number of nitrogens with zero attached hydrogens (tertiary/aromatic N) is 2. The van der Waals surface area contributed by atoms with Crippen molar-refractivity contribution in [2.24, 2.45) is 7.05 Å². The second kappa shape index (κ2) is 2.90. The van der Waals surface area contributed by atoms with Gasteiger partial charge < -0.3 is 9.67 Å². The third kappa shape index (κ3) is 1.37.